The van der Waals surface area contributed by atoms with E-state index in [1.54, 1.807) is 0 Å². The third-order valence-corrected chi connectivity index (χ3v) is 15.2. The lowest BCUT2D eigenvalue weighted by Crippen LogP contribution is -2.40. The highest BCUT2D eigenvalue weighted by molar-refractivity contribution is 7.93. The van der Waals surface area contributed by atoms with Crippen molar-refractivity contribution in [1.82, 2.24) is 29.9 Å². The van der Waals surface area contributed by atoms with Crippen molar-refractivity contribution in [3.8, 4) is 23.0 Å². The Morgan fingerprint density at radius 2 is 1.60 bits per heavy atom. The van der Waals surface area contributed by atoms with Crippen molar-refractivity contribution in [1.29, 1.82) is 0 Å². The Bertz CT molecular complexity index is 3310. The second-order valence-electron chi connectivity index (χ2n) is 17.9. The topological polar surface area (TPSA) is 196 Å². The highest BCUT2D eigenvalue weighted by Crippen LogP contribution is 2.68. The summed E-state index contributed by atoms with van der Waals surface area (Å²) in [5, 5.41) is 18.5. The molecule has 5 atom stereocenters. The van der Waals surface area contributed by atoms with Crippen LogP contribution in [0.4, 0.5) is 54.5 Å². The van der Waals surface area contributed by atoms with Gasteiger partial charge >= 0.3 is 18.4 Å². The first-order valence-electron chi connectivity index (χ1n) is 21.2. The van der Waals surface area contributed by atoms with Crippen LogP contribution >= 0.6 is 11.6 Å². The molecule has 2 amide bonds. The van der Waals surface area contributed by atoms with E-state index in [9.17, 15) is 66.7 Å². The van der Waals surface area contributed by atoms with Crippen LogP contribution in [-0.2, 0) is 61.0 Å². The average Bonchev–Trinajstić information content (AvgIpc) is 3.74. The summed E-state index contributed by atoms with van der Waals surface area (Å²) < 4.78 is 202. The molecule has 0 bridgehead atoms. The average molecular weight is 1080 g/mol. The fraction of sp³-hybridized carbons (Fsp3) is 0.432. The van der Waals surface area contributed by atoms with Gasteiger partial charge in [0.05, 0.1) is 40.0 Å². The van der Waals surface area contributed by atoms with Crippen LogP contribution < -0.4 is 9.62 Å². The predicted molar refractivity (Wildman–Crippen MR) is 238 cm³/mol. The number of aliphatic hydroxyl groups is 1. The number of ether oxygens (including phenoxy) is 1. The number of halogens is 11. The zero-order chi connectivity index (χ0) is 53.6. The Morgan fingerprint density at radius 3 is 2.17 bits per heavy atom. The maximum absolute atomic E-state index is 15.6. The SMILES string of the molecule is C[C@H](O)[C@H](C)OC(=O)N(c1nn(CC(F)(F)F)c2c(-c3ccc(C#CC(C)(C)S(C)(=O)=O)nc3[C@H](Cc3cc(F)cc(F)c3)NC(=O)Cn3nc(C(F)(F)F)c4c3C(F)(F)[C@@H]3C[C@H]43)ccc(Cl)c12)S(C)(=O)=O. The number of nitrogens with one attached hydrogen (secondary N) is 1. The lowest BCUT2D eigenvalue weighted by molar-refractivity contribution is -0.143. The molecule has 3 aromatic heterocycles. The van der Waals surface area contributed by atoms with E-state index in [0.29, 0.717) is 12.3 Å². The van der Waals surface area contributed by atoms with Gasteiger partial charge in [-0.15, -0.1) is 0 Å². The van der Waals surface area contributed by atoms with Crippen LogP contribution in [0, 0.1) is 29.4 Å². The minimum absolute atomic E-state index is 0.108. The van der Waals surface area contributed by atoms with E-state index in [-0.39, 0.29) is 36.9 Å². The lowest BCUT2D eigenvalue weighted by Gasteiger charge is -2.23. The predicted octanol–water partition coefficient (Wildman–Crippen LogP) is 7.96. The van der Waals surface area contributed by atoms with Gasteiger partial charge in [-0.1, -0.05) is 23.6 Å². The van der Waals surface area contributed by atoms with Crippen LogP contribution in [-0.4, -0.2) is 94.1 Å². The Balaban J connectivity index is 1.49. The number of fused-ring (bicyclic) bond motifs is 4. The molecule has 1 saturated carbocycles. The molecule has 2 aliphatic rings. The molecule has 2 aromatic carbocycles. The van der Waals surface area contributed by atoms with Gasteiger partial charge in [0.15, 0.2) is 21.3 Å². The molecule has 1 fully saturated rings. The first kappa shape index (κ1) is 53.8. The first-order chi connectivity index (χ1) is 33.0. The summed E-state index contributed by atoms with van der Waals surface area (Å²) in [4.78, 5) is 32.2. The second kappa shape index (κ2) is 18.5. The monoisotopic (exact) mass is 1080 g/mol. The Labute approximate surface area is 408 Å². The quantitative estimate of drug-likeness (QED) is 0.0858. The normalized spacial score (nSPS) is 17.9. The van der Waals surface area contributed by atoms with Gasteiger partial charge in [0.25, 0.3) is 5.92 Å². The number of sulfonamides is 1. The number of hydrogen-bond acceptors (Lipinski definition) is 11. The summed E-state index contributed by atoms with van der Waals surface area (Å²) in [6, 6.07) is 4.65. The van der Waals surface area contributed by atoms with Gasteiger partial charge in [-0.2, -0.15) is 49.6 Å². The highest BCUT2D eigenvalue weighted by atomic mass is 35.5. The molecule has 0 aliphatic heterocycles. The molecular weight excluding hydrogens is 1040 g/mol. The number of benzene rings is 2. The van der Waals surface area contributed by atoms with Crippen molar-refractivity contribution >= 4 is 60.2 Å². The zero-order valence-electron chi connectivity index (χ0n) is 38.2. The number of nitrogens with zero attached hydrogens (tertiary/aromatic N) is 6. The van der Waals surface area contributed by atoms with Gasteiger partial charge in [-0.05, 0) is 88.3 Å². The first-order valence-corrected chi connectivity index (χ1v) is 25.3. The van der Waals surface area contributed by atoms with Crippen LogP contribution in [0.15, 0.2) is 42.5 Å². The minimum Gasteiger partial charge on any atom is -0.443 e. The molecule has 7 rings (SSSR count). The summed E-state index contributed by atoms with van der Waals surface area (Å²) in [5.74, 6) is -6.17. The minimum atomic E-state index is -5.23. The van der Waals surface area contributed by atoms with Crippen molar-refractivity contribution in [3.63, 3.8) is 0 Å². The number of alkyl halides is 8. The molecule has 28 heteroatoms. The number of aromatic nitrogens is 5. The Hall–Kier alpha value is -5.98. The van der Waals surface area contributed by atoms with Gasteiger partial charge < -0.3 is 15.2 Å². The zero-order valence-corrected chi connectivity index (χ0v) is 40.6. The number of hydrogen-bond donors (Lipinski definition) is 2. The van der Waals surface area contributed by atoms with E-state index in [2.05, 4.69) is 32.3 Å². The molecule has 0 spiro atoms. The molecular formula is C44H40ClF10N7O8S2. The van der Waals surface area contributed by atoms with E-state index in [0.717, 1.165) is 42.7 Å². The van der Waals surface area contributed by atoms with Gasteiger partial charge in [0.1, 0.15) is 47.0 Å². The Morgan fingerprint density at radius 1 is 0.972 bits per heavy atom. The van der Waals surface area contributed by atoms with Crippen molar-refractivity contribution in [2.45, 2.75) is 101 Å². The number of pyridine rings is 1. The number of rotatable bonds is 13. The molecule has 0 saturated heterocycles. The highest BCUT2D eigenvalue weighted by Gasteiger charge is 2.68. The van der Waals surface area contributed by atoms with Crippen LogP contribution in [0.1, 0.15) is 80.0 Å². The summed E-state index contributed by atoms with van der Waals surface area (Å²) in [6.45, 7) is 1.49. The van der Waals surface area contributed by atoms with Crippen LogP contribution in [0.2, 0.25) is 5.02 Å². The van der Waals surface area contributed by atoms with E-state index < -0.39 is 166 Å². The fourth-order valence-corrected chi connectivity index (χ4v) is 9.31. The molecule has 0 radical (unpaired) electrons. The number of amides is 2. The van der Waals surface area contributed by atoms with Crippen LogP contribution in [0.25, 0.3) is 22.0 Å². The molecule has 72 heavy (non-hydrogen) atoms. The molecule has 2 N–H and O–H groups in total. The molecule has 15 nitrogen and oxygen atoms in total. The molecule has 3 heterocycles. The summed E-state index contributed by atoms with van der Waals surface area (Å²) >= 11 is 6.60. The van der Waals surface area contributed by atoms with E-state index in [1.165, 1.54) is 27.7 Å². The number of carbonyl (C=O) groups excluding carboxylic acids is 2. The summed E-state index contributed by atoms with van der Waals surface area (Å²) in [6.07, 6.45) is -14.5. The smallest absolute Gasteiger partial charge is 0.435 e. The van der Waals surface area contributed by atoms with Crippen molar-refractivity contribution in [2.75, 3.05) is 16.8 Å². The summed E-state index contributed by atoms with van der Waals surface area (Å²) in [7, 11) is -8.81. The number of anilines is 1. The molecule has 5 aromatic rings. The van der Waals surface area contributed by atoms with E-state index in [4.69, 9.17) is 16.3 Å². The lowest BCUT2D eigenvalue weighted by atomic mass is 9.93. The maximum atomic E-state index is 15.6. The maximum Gasteiger partial charge on any atom is 0.435 e. The number of carbonyl (C=O) groups is 2. The van der Waals surface area contributed by atoms with E-state index >= 15 is 8.78 Å². The summed E-state index contributed by atoms with van der Waals surface area (Å²) in [5.41, 5.74) is -6.05. The van der Waals surface area contributed by atoms with Crippen molar-refractivity contribution in [3.05, 3.63) is 93.0 Å². The molecule has 0 unspecified atom stereocenters. The number of aliphatic hydroxyl groups excluding tert-OH is 1. The van der Waals surface area contributed by atoms with Gasteiger partial charge in [0.2, 0.25) is 15.9 Å². The largest absolute Gasteiger partial charge is 0.443 e. The van der Waals surface area contributed by atoms with Gasteiger partial charge in [0, 0.05) is 34.9 Å². The van der Waals surface area contributed by atoms with Crippen LogP contribution in [0.5, 0.6) is 0 Å². The standard InChI is InChI=1S/C44H40ClF10N7O8S2/c1-20(63)21(2)70-40(65)62(72(6,68)69)39-34-30(45)10-9-27(36(34)61(59-39)19-42(48,49)50)26-8-7-25(11-12-41(3,4)71(5,66)67)56-35(26)31(15-22-13-23(46)16-24(47)14-22)57-32(64)18-60-38-33(37(58-60)44(53,54)55)28-17-29(28)43(38,51)52/h7-10,13-14,16,20-21,28-29,31,63H,15,17-19H2,1-6H3,(H,57,64)/t20-,21-,28-,29+,31-/m0/s1. The molecule has 388 valence electrons. The van der Waals surface area contributed by atoms with Crippen molar-refractivity contribution < 1.29 is 80.2 Å². The fourth-order valence-electron chi connectivity index (χ4n) is 8.08. The third-order valence-electron chi connectivity index (χ3n) is 12.0. The number of sulfone groups is 1. The third kappa shape index (κ3) is 10.7. The van der Waals surface area contributed by atoms with Gasteiger partial charge in [-0.25, -0.2) is 35.4 Å². The van der Waals surface area contributed by atoms with E-state index in [1.807, 2.05) is 0 Å². The Kier molecular flexibility index (Phi) is 13.8. The second-order valence-corrected chi connectivity index (χ2v) is 22.7. The molecule has 2 aliphatic carbocycles. The van der Waals surface area contributed by atoms with Crippen LogP contribution in [0.3, 0.4) is 0 Å². The van der Waals surface area contributed by atoms with Crippen molar-refractivity contribution in [2.24, 2.45) is 5.92 Å². The van der Waals surface area contributed by atoms with Gasteiger partial charge in [-0.3, -0.25) is 14.2 Å².